The van der Waals surface area contributed by atoms with Crippen molar-refractivity contribution in [1.82, 2.24) is 0 Å². The number of rotatable bonds is 18. The molecule has 0 amide bonds. The van der Waals surface area contributed by atoms with Gasteiger partial charge in [-0.15, -0.1) is 0 Å². The predicted molar refractivity (Wildman–Crippen MR) is 95.9 cm³/mol. The second-order valence-corrected chi connectivity index (χ2v) is 7.85. The van der Waals surface area contributed by atoms with Gasteiger partial charge >= 0.3 is 59.1 Å². The maximum absolute atomic E-state index is 10.9. The van der Waals surface area contributed by atoms with Gasteiger partial charge < -0.3 is 19.6 Å². The zero-order valence-electron chi connectivity index (χ0n) is 17.9. The summed E-state index contributed by atoms with van der Waals surface area (Å²) in [6, 6.07) is 0. The smallest absolute Gasteiger partial charge is 0.726 e. The predicted octanol–water partition coefficient (Wildman–Crippen LogP) is -3.57. The molecular formula is C18H34Na2O7S. The van der Waals surface area contributed by atoms with E-state index in [2.05, 4.69) is 11.1 Å². The van der Waals surface area contributed by atoms with Gasteiger partial charge in [0.25, 0.3) is 0 Å². The summed E-state index contributed by atoms with van der Waals surface area (Å²) in [5.41, 5.74) is 0. The third kappa shape index (κ3) is 23.6. The first kappa shape index (κ1) is 33.9. The molecule has 0 aliphatic heterocycles. The Labute approximate surface area is 214 Å². The zero-order valence-corrected chi connectivity index (χ0v) is 22.7. The molecule has 7 nitrogen and oxygen atoms in total. The fourth-order valence-corrected chi connectivity index (χ4v) is 3.45. The van der Waals surface area contributed by atoms with Crippen molar-refractivity contribution in [2.75, 3.05) is 0 Å². The Morgan fingerprint density at radius 3 is 1.86 bits per heavy atom. The summed E-state index contributed by atoms with van der Waals surface area (Å²) < 4.78 is 37.2. The Morgan fingerprint density at radius 1 is 0.893 bits per heavy atom. The van der Waals surface area contributed by atoms with E-state index in [0.717, 1.165) is 51.4 Å². The van der Waals surface area contributed by atoms with E-state index in [1.165, 1.54) is 6.42 Å². The molecule has 0 rings (SSSR count). The second kappa shape index (κ2) is 21.5. The molecule has 0 radical (unpaired) electrons. The van der Waals surface area contributed by atoms with Crippen LogP contribution in [-0.4, -0.2) is 36.3 Å². The van der Waals surface area contributed by atoms with Crippen LogP contribution in [0, 0.1) is 0 Å². The van der Waals surface area contributed by atoms with Crippen molar-refractivity contribution >= 4 is 16.4 Å². The molecule has 0 aliphatic carbocycles. The van der Waals surface area contributed by atoms with E-state index in [0.29, 0.717) is 25.7 Å². The zero-order chi connectivity index (χ0) is 19.8. The van der Waals surface area contributed by atoms with Gasteiger partial charge in [0.15, 0.2) is 0 Å². The molecule has 156 valence electrons. The first-order valence-electron chi connectivity index (χ1n) is 9.78. The number of aliphatic hydroxyl groups is 1. The molecule has 28 heavy (non-hydrogen) atoms. The number of hydrogen-bond acceptors (Lipinski definition) is 7. The minimum atomic E-state index is -4.85. The van der Waals surface area contributed by atoms with Crippen LogP contribution in [0.4, 0.5) is 0 Å². The molecule has 0 aliphatic rings. The van der Waals surface area contributed by atoms with Crippen molar-refractivity contribution in [2.45, 2.75) is 109 Å². The molecule has 0 aromatic rings. The summed E-state index contributed by atoms with van der Waals surface area (Å²) in [4.78, 5) is 10.3. The fraction of sp³-hybridized carbons (Fsp3) is 0.944. The van der Waals surface area contributed by atoms with E-state index in [4.69, 9.17) is 0 Å². The number of carboxylic acid groups (broad SMARTS) is 1. The summed E-state index contributed by atoms with van der Waals surface area (Å²) in [5.74, 6) is -1.06. The van der Waals surface area contributed by atoms with Crippen molar-refractivity contribution in [3.05, 3.63) is 0 Å². The minimum absolute atomic E-state index is 0. The summed E-state index contributed by atoms with van der Waals surface area (Å²) in [6.45, 7) is 2.14. The number of hydrogen-bond donors (Lipinski definition) is 1. The number of aliphatic hydroxyl groups excluding tert-OH is 1. The van der Waals surface area contributed by atoms with Crippen LogP contribution in [-0.2, 0) is 19.4 Å². The number of carbonyl (C=O) groups is 1. The average Bonchev–Trinajstić information content (AvgIpc) is 2.54. The average molecular weight is 441 g/mol. The standard InChI is InChI=1S/C18H36O7S.2Na/c1-2-3-4-5-7-10-13-16(19)17(25-26(22,23)24)14-11-8-6-9-12-15-18(20)21;;/h16-17,19H,2-15H2,1H3,(H,20,21)(H,22,23,24);;/q;2*+1/p-2. The molecule has 0 fully saturated rings. The van der Waals surface area contributed by atoms with Gasteiger partial charge in [0, 0.05) is 5.97 Å². The van der Waals surface area contributed by atoms with Crippen molar-refractivity contribution in [3.8, 4) is 0 Å². The summed E-state index contributed by atoms with van der Waals surface area (Å²) >= 11 is 0. The van der Waals surface area contributed by atoms with Gasteiger partial charge in [0.05, 0.1) is 6.10 Å². The van der Waals surface area contributed by atoms with Crippen molar-refractivity contribution in [3.63, 3.8) is 0 Å². The van der Waals surface area contributed by atoms with Crippen LogP contribution in [0.3, 0.4) is 0 Å². The van der Waals surface area contributed by atoms with Crippen LogP contribution < -0.4 is 64.2 Å². The van der Waals surface area contributed by atoms with E-state index >= 15 is 0 Å². The number of carboxylic acids is 1. The quantitative estimate of drug-likeness (QED) is 0.101. The molecule has 0 spiro atoms. The Hall–Kier alpha value is 1.30. The monoisotopic (exact) mass is 440 g/mol. The number of carbonyl (C=O) groups excluding carboxylic acids is 1. The Kier molecular flexibility index (Phi) is 26.1. The van der Waals surface area contributed by atoms with Gasteiger partial charge in [0.2, 0.25) is 10.4 Å². The van der Waals surface area contributed by atoms with Gasteiger partial charge in [-0.25, -0.2) is 8.42 Å². The molecule has 0 bridgehead atoms. The first-order valence-corrected chi connectivity index (χ1v) is 11.1. The first-order chi connectivity index (χ1) is 12.3. The van der Waals surface area contributed by atoms with Crippen LogP contribution in [0.5, 0.6) is 0 Å². The largest absolute Gasteiger partial charge is 1.00 e. The summed E-state index contributed by atoms with van der Waals surface area (Å²) in [5, 5.41) is 20.5. The molecular weight excluding hydrogens is 406 g/mol. The molecule has 0 aromatic heterocycles. The van der Waals surface area contributed by atoms with Gasteiger partial charge in [-0.2, -0.15) is 0 Å². The maximum Gasteiger partial charge on any atom is 1.00 e. The van der Waals surface area contributed by atoms with E-state index in [1.54, 1.807) is 0 Å². The topological polar surface area (TPSA) is 127 Å². The van der Waals surface area contributed by atoms with Crippen molar-refractivity contribution < 1.29 is 91.3 Å². The Bertz CT molecular complexity index is 461. The van der Waals surface area contributed by atoms with Gasteiger partial charge in [-0.1, -0.05) is 71.1 Å². The van der Waals surface area contributed by atoms with Gasteiger partial charge in [0.1, 0.15) is 6.10 Å². The molecule has 0 heterocycles. The van der Waals surface area contributed by atoms with Crippen LogP contribution in [0.15, 0.2) is 0 Å². The van der Waals surface area contributed by atoms with Gasteiger partial charge in [-0.05, 0) is 25.7 Å². The van der Waals surface area contributed by atoms with E-state index < -0.39 is 28.6 Å². The number of aliphatic carboxylic acids is 1. The molecule has 1 N–H and O–H groups in total. The normalized spacial score (nSPS) is 13.2. The summed E-state index contributed by atoms with van der Waals surface area (Å²) in [6.07, 6.45) is 8.56. The molecule has 0 aromatic carbocycles. The SMILES string of the molecule is CCCCCCCCC(O)C(CCCCCCCC(=O)[O-])OS(=O)(=O)[O-].[Na+].[Na+]. The molecule has 10 heteroatoms. The molecule has 2 atom stereocenters. The van der Waals surface area contributed by atoms with Crippen LogP contribution >= 0.6 is 0 Å². The Balaban J connectivity index is -0.00000312. The Morgan fingerprint density at radius 2 is 1.36 bits per heavy atom. The second-order valence-electron chi connectivity index (χ2n) is 6.85. The summed E-state index contributed by atoms with van der Waals surface area (Å²) in [7, 11) is -4.85. The van der Waals surface area contributed by atoms with E-state index in [9.17, 15) is 28.0 Å². The van der Waals surface area contributed by atoms with Crippen molar-refractivity contribution in [2.24, 2.45) is 0 Å². The number of unbranched alkanes of at least 4 members (excludes halogenated alkanes) is 9. The fourth-order valence-electron chi connectivity index (χ4n) is 2.92. The maximum atomic E-state index is 10.9. The van der Waals surface area contributed by atoms with Crippen molar-refractivity contribution in [1.29, 1.82) is 0 Å². The third-order valence-corrected chi connectivity index (χ3v) is 4.88. The molecule has 0 saturated heterocycles. The molecule has 0 saturated carbocycles. The minimum Gasteiger partial charge on any atom is -0.726 e. The van der Waals surface area contributed by atoms with Crippen LogP contribution in [0.25, 0.3) is 0 Å². The van der Waals surface area contributed by atoms with Crippen LogP contribution in [0.2, 0.25) is 0 Å². The van der Waals surface area contributed by atoms with Crippen LogP contribution in [0.1, 0.15) is 96.8 Å². The van der Waals surface area contributed by atoms with Gasteiger partial charge in [-0.3, -0.25) is 4.18 Å². The molecule has 2 unspecified atom stereocenters. The third-order valence-electron chi connectivity index (χ3n) is 4.39. The van der Waals surface area contributed by atoms with E-state index in [-0.39, 0.29) is 65.5 Å². The van der Waals surface area contributed by atoms with E-state index in [1.807, 2.05) is 0 Å².